The summed E-state index contributed by atoms with van der Waals surface area (Å²) in [7, 11) is 0. The zero-order valence-corrected chi connectivity index (χ0v) is 18.3. The van der Waals surface area contributed by atoms with E-state index < -0.39 is 17.8 Å². The number of halogens is 3. The first-order valence-corrected chi connectivity index (χ1v) is 11.1. The third-order valence-electron chi connectivity index (χ3n) is 6.22. The molecule has 2 heterocycles. The van der Waals surface area contributed by atoms with Crippen molar-refractivity contribution in [1.29, 1.82) is 0 Å². The highest BCUT2D eigenvalue weighted by Gasteiger charge is 2.39. The third kappa shape index (κ3) is 7.10. The molecule has 2 aliphatic heterocycles. The van der Waals surface area contributed by atoms with Gasteiger partial charge in [0, 0.05) is 13.1 Å². The summed E-state index contributed by atoms with van der Waals surface area (Å²) in [5.41, 5.74) is 0.243. The second-order valence-electron chi connectivity index (χ2n) is 9.32. The van der Waals surface area contributed by atoms with Gasteiger partial charge in [-0.1, -0.05) is 32.0 Å². The topological polar surface area (TPSA) is 50.8 Å². The van der Waals surface area contributed by atoms with E-state index in [1.165, 1.54) is 12.1 Å². The number of benzene rings is 1. The lowest BCUT2D eigenvalue weighted by atomic mass is 9.73. The van der Waals surface area contributed by atoms with Crippen molar-refractivity contribution >= 4 is 6.09 Å². The largest absolute Gasteiger partial charge is 0.449 e. The molecule has 5 nitrogen and oxygen atoms in total. The number of rotatable bonds is 6. The molecule has 1 atom stereocenters. The number of carbonyl (C=O) groups excluding carboxylic acids is 1. The van der Waals surface area contributed by atoms with Crippen LogP contribution < -0.4 is 5.32 Å². The summed E-state index contributed by atoms with van der Waals surface area (Å²) >= 11 is 0. The Morgan fingerprint density at radius 1 is 1.29 bits per heavy atom. The van der Waals surface area contributed by atoms with Gasteiger partial charge in [-0.25, -0.2) is 4.79 Å². The molecule has 3 rings (SSSR count). The van der Waals surface area contributed by atoms with E-state index in [2.05, 4.69) is 10.2 Å². The Morgan fingerprint density at radius 2 is 2.03 bits per heavy atom. The van der Waals surface area contributed by atoms with Crippen LogP contribution in [0, 0.1) is 11.3 Å². The molecule has 1 aromatic carbocycles. The van der Waals surface area contributed by atoms with E-state index in [9.17, 15) is 18.0 Å². The highest BCUT2D eigenvalue weighted by atomic mass is 19.4. The minimum atomic E-state index is -4.31. The minimum Gasteiger partial charge on any atom is -0.449 e. The molecule has 2 fully saturated rings. The van der Waals surface area contributed by atoms with Crippen molar-refractivity contribution in [2.45, 2.75) is 58.4 Å². The average Bonchev–Trinajstić information content (AvgIpc) is 2.73. The molecular weight excluding hydrogens is 409 g/mol. The fourth-order valence-electron chi connectivity index (χ4n) is 4.25. The lowest BCUT2D eigenvalue weighted by molar-refractivity contribution is -0.137. The first-order valence-electron chi connectivity index (χ1n) is 11.1. The van der Waals surface area contributed by atoms with Crippen molar-refractivity contribution in [2.75, 3.05) is 32.8 Å². The summed E-state index contributed by atoms with van der Waals surface area (Å²) in [6, 6.07) is 5.60. The number of piperidine rings is 1. The van der Waals surface area contributed by atoms with E-state index in [0.29, 0.717) is 37.8 Å². The molecule has 0 aromatic heterocycles. The van der Waals surface area contributed by atoms with E-state index in [1.807, 2.05) is 13.8 Å². The summed E-state index contributed by atoms with van der Waals surface area (Å²) in [6.07, 6.45) is -0.834. The standard InChI is InChI=1S/C23H33F3N2O3/c1-17(2)15-30-21(29)27-13-20-6-7-22(16-31-20)8-10-28(11-9-22)14-18-4-3-5-19(12-18)23(24,25)26/h3-5,12,17,20H,6-11,13-16H2,1-2H3,(H,27,29). The number of hydrogen-bond acceptors (Lipinski definition) is 4. The number of likely N-dealkylation sites (tertiary alicyclic amines) is 1. The maximum absolute atomic E-state index is 12.9. The van der Waals surface area contributed by atoms with Gasteiger partial charge in [-0.2, -0.15) is 13.2 Å². The predicted octanol–water partition coefficient (Wildman–Crippen LogP) is 4.85. The molecule has 0 saturated carbocycles. The van der Waals surface area contributed by atoms with Crippen LogP contribution in [0.2, 0.25) is 0 Å². The Labute approximate surface area is 182 Å². The van der Waals surface area contributed by atoms with Crippen LogP contribution in [-0.4, -0.2) is 49.9 Å². The maximum Gasteiger partial charge on any atom is 0.416 e. The van der Waals surface area contributed by atoms with E-state index in [4.69, 9.17) is 9.47 Å². The molecule has 31 heavy (non-hydrogen) atoms. The number of hydrogen-bond donors (Lipinski definition) is 1. The monoisotopic (exact) mass is 442 g/mol. The predicted molar refractivity (Wildman–Crippen MR) is 112 cm³/mol. The molecule has 0 radical (unpaired) electrons. The van der Waals surface area contributed by atoms with Gasteiger partial charge in [-0.3, -0.25) is 4.90 Å². The van der Waals surface area contributed by atoms with Crippen molar-refractivity contribution in [3.8, 4) is 0 Å². The van der Waals surface area contributed by atoms with Crippen LogP contribution in [0.5, 0.6) is 0 Å². The van der Waals surface area contributed by atoms with Gasteiger partial charge in [0.15, 0.2) is 0 Å². The number of carbonyl (C=O) groups is 1. The molecule has 174 valence electrons. The van der Waals surface area contributed by atoms with Gasteiger partial charge in [-0.15, -0.1) is 0 Å². The first kappa shape index (κ1) is 23.9. The highest BCUT2D eigenvalue weighted by molar-refractivity contribution is 5.67. The number of ether oxygens (including phenoxy) is 2. The Bertz CT molecular complexity index is 721. The molecule has 1 N–H and O–H groups in total. The Balaban J connectivity index is 1.40. The first-order chi connectivity index (χ1) is 14.7. The molecule has 8 heteroatoms. The smallest absolute Gasteiger partial charge is 0.416 e. The van der Waals surface area contributed by atoms with Gasteiger partial charge >= 0.3 is 12.3 Å². The third-order valence-corrected chi connectivity index (χ3v) is 6.22. The SMILES string of the molecule is CC(C)COC(=O)NCC1CCC2(CCN(Cc3cccc(C(F)(F)F)c3)CC2)CO1. The van der Waals surface area contributed by atoms with Gasteiger partial charge in [0.25, 0.3) is 0 Å². The van der Waals surface area contributed by atoms with Crippen molar-refractivity contribution < 1.29 is 27.4 Å². The molecule has 1 unspecified atom stereocenters. The molecule has 1 spiro atoms. The molecule has 2 aliphatic rings. The van der Waals surface area contributed by atoms with Crippen molar-refractivity contribution in [3.63, 3.8) is 0 Å². The summed E-state index contributed by atoms with van der Waals surface area (Å²) < 4.78 is 49.9. The van der Waals surface area contributed by atoms with Crippen LogP contribution in [0.25, 0.3) is 0 Å². The number of nitrogens with one attached hydrogen (secondary N) is 1. The molecule has 0 aliphatic carbocycles. The zero-order chi connectivity index (χ0) is 22.5. The van der Waals surface area contributed by atoms with Crippen molar-refractivity contribution in [3.05, 3.63) is 35.4 Å². The lowest BCUT2D eigenvalue weighted by Crippen LogP contribution is -2.47. The van der Waals surface area contributed by atoms with E-state index >= 15 is 0 Å². The normalized spacial score (nSPS) is 21.9. The number of amides is 1. The van der Waals surface area contributed by atoms with Crippen LogP contribution in [-0.2, 0) is 22.2 Å². The quantitative estimate of drug-likeness (QED) is 0.684. The average molecular weight is 443 g/mol. The van der Waals surface area contributed by atoms with Gasteiger partial charge in [0.1, 0.15) is 0 Å². The maximum atomic E-state index is 12.9. The fourth-order valence-corrected chi connectivity index (χ4v) is 4.25. The van der Waals surface area contributed by atoms with Crippen LogP contribution in [0.3, 0.4) is 0 Å². The molecular formula is C23H33F3N2O3. The molecule has 2 saturated heterocycles. The van der Waals surface area contributed by atoms with Gasteiger partial charge < -0.3 is 14.8 Å². The molecule has 1 aromatic rings. The fraction of sp³-hybridized carbons (Fsp3) is 0.696. The summed E-state index contributed by atoms with van der Waals surface area (Å²) in [4.78, 5) is 13.9. The van der Waals surface area contributed by atoms with Crippen molar-refractivity contribution in [2.24, 2.45) is 11.3 Å². The Kier molecular flexibility index (Phi) is 7.86. The summed E-state index contributed by atoms with van der Waals surface area (Å²) in [5.74, 6) is 0.302. The van der Waals surface area contributed by atoms with Gasteiger partial charge in [0.05, 0.1) is 24.9 Å². The van der Waals surface area contributed by atoms with Crippen LogP contribution in [0.1, 0.15) is 50.7 Å². The van der Waals surface area contributed by atoms with Crippen LogP contribution >= 0.6 is 0 Å². The highest BCUT2D eigenvalue weighted by Crippen LogP contribution is 2.40. The number of alkyl halides is 3. The van der Waals surface area contributed by atoms with E-state index in [-0.39, 0.29) is 11.5 Å². The molecule has 0 bridgehead atoms. The summed E-state index contributed by atoms with van der Waals surface area (Å²) in [5, 5.41) is 2.77. The van der Waals surface area contributed by atoms with Crippen LogP contribution in [0.15, 0.2) is 24.3 Å². The summed E-state index contributed by atoms with van der Waals surface area (Å²) in [6.45, 7) is 7.73. The van der Waals surface area contributed by atoms with E-state index in [0.717, 1.165) is 44.8 Å². The number of nitrogens with zero attached hydrogens (tertiary/aromatic N) is 1. The number of alkyl carbamates (subject to hydrolysis) is 1. The van der Waals surface area contributed by atoms with Gasteiger partial charge in [-0.05, 0) is 61.7 Å². The molecule has 1 amide bonds. The zero-order valence-electron chi connectivity index (χ0n) is 18.3. The second-order valence-corrected chi connectivity index (χ2v) is 9.32. The van der Waals surface area contributed by atoms with Crippen molar-refractivity contribution in [1.82, 2.24) is 10.2 Å². The van der Waals surface area contributed by atoms with Gasteiger partial charge in [0.2, 0.25) is 0 Å². The van der Waals surface area contributed by atoms with E-state index in [1.54, 1.807) is 6.07 Å². The Hall–Kier alpha value is -1.80. The minimum absolute atomic E-state index is 0.000336. The Morgan fingerprint density at radius 3 is 2.65 bits per heavy atom. The lowest BCUT2D eigenvalue weighted by Gasteiger charge is -2.45. The second kappa shape index (κ2) is 10.2. The van der Waals surface area contributed by atoms with Crippen LogP contribution in [0.4, 0.5) is 18.0 Å².